The number of hydrogen-bond donors (Lipinski definition) is 0. The van der Waals surface area contributed by atoms with Crippen molar-refractivity contribution < 1.29 is 8.42 Å². The lowest BCUT2D eigenvalue weighted by atomic mass is 9.82. The normalized spacial score (nSPS) is 17.1. The van der Waals surface area contributed by atoms with Crippen LogP contribution in [0.2, 0.25) is 0 Å². The first-order valence-electron chi connectivity index (χ1n) is 11.4. The van der Waals surface area contributed by atoms with Crippen molar-refractivity contribution in [3.8, 4) is 0 Å². The summed E-state index contributed by atoms with van der Waals surface area (Å²) in [5.41, 5.74) is 4.00. The lowest BCUT2D eigenvalue weighted by Crippen LogP contribution is -2.48. The highest BCUT2D eigenvalue weighted by Crippen LogP contribution is 2.28. The summed E-state index contributed by atoms with van der Waals surface area (Å²) in [7, 11) is -3.44. The molecule has 4 nitrogen and oxygen atoms in total. The van der Waals surface area contributed by atoms with Gasteiger partial charge in [-0.25, -0.2) is 8.42 Å². The Hall–Kier alpha value is -1.69. The van der Waals surface area contributed by atoms with Crippen molar-refractivity contribution in [1.82, 2.24) is 9.21 Å². The minimum Gasteiger partial charge on any atom is -0.296 e. The summed E-state index contributed by atoms with van der Waals surface area (Å²) >= 11 is 0. The Labute approximate surface area is 189 Å². The van der Waals surface area contributed by atoms with Crippen LogP contribution < -0.4 is 0 Å². The quantitative estimate of drug-likeness (QED) is 0.619. The van der Waals surface area contributed by atoms with Gasteiger partial charge in [0.25, 0.3) is 0 Å². The highest BCUT2D eigenvalue weighted by molar-refractivity contribution is 7.89. The van der Waals surface area contributed by atoms with Gasteiger partial charge in [-0.05, 0) is 46.1 Å². The van der Waals surface area contributed by atoms with Crippen LogP contribution in [0.1, 0.15) is 64.7 Å². The van der Waals surface area contributed by atoms with Gasteiger partial charge in [0.15, 0.2) is 0 Å². The molecule has 1 aliphatic heterocycles. The SMILES string of the molecule is CCC(C)(C)c1ccc(S(=O)(=O)N2CCN(Cc3ccc(C(C)(C)C)cc3)CC2)cc1. The molecule has 0 aliphatic carbocycles. The van der Waals surface area contributed by atoms with Gasteiger partial charge in [0.2, 0.25) is 10.0 Å². The molecule has 0 atom stereocenters. The fourth-order valence-corrected chi connectivity index (χ4v) is 5.35. The first-order valence-corrected chi connectivity index (χ1v) is 12.8. The zero-order valence-electron chi connectivity index (χ0n) is 20.0. The highest BCUT2D eigenvalue weighted by atomic mass is 32.2. The second-order valence-electron chi connectivity index (χ2n) is 10.4. The Balaban J connectivity index is 1.61. The number of nitrogens with zero attached hydrogens (tertiary/aromatic N) is 2. The Morgan fingerprint density at radius 2 is 1.29 bits per heavy atom. The third-order valence-electron chi connectivity index (χ3n) is 6.71. The molecule has 3 rings (SSSR count). The molecular weight excluding hydrogens is 404 g/mol. The maximum Gasteiger partial charge on any atom is 0.243 e. The fourth-order valence-electron chi connectivity index (χ4n) is 3.93. The molecule has 1 saturated heterocycles. The summed E-state index contributed by atoms with van der Waals surface area (Å²) in [6.07, 6.45) is 1.01. The number of sulfonamides is 1. The van der Waals surface area contributed by atoms with Crippen molar-refractivity contribution in [2.45, 2.75) is 70.2 Å². The van der Waals surface area contributed by atoms with E-state index in [4.69, 9.17) is 0 Å². The fraction of sp³-hybridized carbons (Fsp3) is 0.538. The van der Waals surface area contributed by atoms with Gasteiger partial charge in [0, 0.05) is 32.7 Å². The zero-order valence-corrected chi connectivity index (χ0v) is 20.8. The van der Waals surface area contributed by atoms with Crippen molar-refractivity contribution in [3.63, 3.8) is 0 Å². The van der Waals surface area contributed by atoms with E-state index in [2.05, 4.69) is 70.7 Å². The van der Waals surface area contributed by atoms with E-state index in [1.54, 1.807) is 16.4 Å². The number of rotatable bonds is 6. The molecule has 1 aliphatic rings. The summed E-state index contributed by atoms with van der Waals surface area (Å²) in [6.45, 7) is 16.6. The second-order valence-corrected chi connectivity index (χ2v) is 12.3. The third-order valence-corrected chi connectivity index (χ3v) is 8.63. The van der Waals surface area contributed by atoms with Crippen molar-refractivity contribution in [2.75, 3.05) is 26.2 Å². The summed E-state index contributed by atoms with van der Waals surface area (Å²) in [5.74, 6) is 0. The summed E-state index contributed by atoms with van der Waals surface area (Å²) in [4.78, 5) is 2.74. The maximum absolute atomic E-state index is 13.1. The minimum absolute atomic E-state index is 0.0546. The summed E-state index contributed by atoms with van der Waals surface area (Å²) < 4.78 is 27.9. The molecule has 31 heavy (non-hydrogen) atoms. The van der Waals surface area contributed by atoms with Crippen LogP contribution >= 0.6 is 0 Å². The maximum atomic E-state index is 13.1. The Kier molecular flexibility index (Phi) is 6.99. The molecule has 2 aromatic carbocycles. The van der Waals surface area contributed by atoms with E-state index in [1.807, 2.05) is 12.1 Å². The highest BCUT2D eigenvalue weighted by Gasteiger charge is 2.29. The molecule has 0 bridgehead atoms. The topological polar surface area (TPSA) is 40.6 Å². The van der Waals surface area contributed by atoms with Crippen LogP contribution in [0.5, 0.6) is 0 Å². The molecule has 0 amide bonds. The standard InChI is InChI=1S/C26H38N2O2S/c1-7-26(5,6)23-12-14-24(15-13-23)31(29,30)28-18-16-27(17-19-28)20-21-8-10-22(11-9-21)25(2,3)4/h8-15H,7,16-20H2,1-6H3. The third kappa shape index (κ3) is 5.57. The van der Waals surface area contributed by atoms with Crippen molar-refractivity contribution in [2.24, 2.45) is 0 Å². The van der Waals surface area contributed by atoms with Crippen LogP contribution in [0.4, 0.5) is 0 Å². The second kappa shape index (κ2) is 9.05. The summed E-state index contributed by atoms with van der Waals surface area (Å²) in [5, 5.41) is 0. The van der Waals surface area contributed by atoms with E-state index < -0.39 is 10.0 Å². The molecule has 2 aromatic rings. The molecule has 0 radical (unpaired) electrons. The van der Waals surface area contributed by atoms with Crippen LogP contribution in [-0.4, -0.2) is 43.8 Å². The van der Waals surface area contributed by atoms with Crippen LogP contribution in [0.3, 0.4) is 0 Å². The predicted octanol–water partition coefficient (Wildman–Crippen LogP) is 5.18. The smallest absolute Gasteiger partial charge is 0.243 e. The first-order chi connectivity index (χ1) is 14.4. The zero-order chi connectivity index (χ0) is 22.9. The van der Waals surface area contributed by atoms with E-state index in [0.717, 1.165) is 26.1 Å². The van der Waals surface area contributed by atoms with E-state index in [0.29, 0.717) is 18.0 Å². The monoisotopic (exact) mass is 442 g/mol. The van der Waals surface area contributed by atoms with Crippen molar-refractivity contribution >= 4 is 10.0 Å². The van der Waals surface area contributed by atoms with E-state index in [9.17, 15) is 8.42 Å². The minimum atomic E-state index is -3.44. The Morgan fingerprint density at radius 1 is 0.774 bits per heavy atom. The van der Waals surface area contributed by atoms with Gasteiger partial charge < -0.3 is 0 Å². The van der Waals surface area contributed by atoms with Gasteiger partial charge in [0.1, 0.15) is 0 Å². The molecule has 1 fully saturated rings. The Morgan fingerprint density at radius 3 is 1.77 bits per heavy atom. The molecular formula is C26H38N2O2S. The van der Waals surface area contributed by atoms with E-state index in [-0.39, 0.29) is 10.8 Å². The average Bonchev–Trinajstić information content (AvgIpc) is 2.74. The molecule has 170 valence electrons. The van der Waals surface area contributed by atoms with Crippen LogP contribution in [0.15, 0.2) is 53.4 Å². The number of piperazine rings is 1. The Bertz CT molecular complexity index is 964. The van der Waals surface area contributed by atoms with Gasteiger partial charge in [-0.1, -0.05) is 77.9 Å². The number of hydrogen-bond acceptors (Lipinski definition) is 3. The van der Waals surface area contributed by atoms with Gasteiger partial charge in [-0.2, -0.15) is 4.31 Å². The lowest BCUT2D eigenvalue weighted by molar-refractivity contribution is 0.181. The molecule has 5 heteroatoms. The van der Waals surface area contributed by atoms with Gasteiger partial charge in [0.05, 0.1) is 4.90 Å². The van der Waals surface area contributed by atoms with Gasteiger partial charge >= 0.3 is 0 Å². The van der Waals surface area contributed by atoms with Crippen LogP contribution in [0, 0.1) is 0 Å². The molecule has 0 spiro atoms. The molecule has 0 unspecified atom stereocenters. The molecule has 0 aromatic heterocycles. The van der Waals surface area contributed by atoms with E-state index >= 15 is 0 Å². The molecule has 1 heterocycles. The number of benzene rings is 2. The largest absolute Gasteiger partial charge is 0.296 e. The van der Waals surface area contributed by atoms with Crippen LogP contribution in [-0.2, 0) is 27.4 Å². The van der Waals surface area contributed by atoms with Crippen molar-refractivity contribution in [1.29, 1.82) is 0 Å². The van der Waals surface area contributed by atoms with Crippen LogP contribution in [0.25, 0.3) is 0 Å². The van der Waals surface area contributed by atoms with Gasteiger partial charge in [-0.3, -0.25) is 4.90 Å². The van der Waals surface area contributed by atoms with E-state index in [1.165, 1.54) is 16.7 Å². The van der Waals surface area contributed by atoms with Crippen molar-refractivity contribution in [3.05, 3.63) is 65.2 Å². The first kappa shape index (κ1) is 24.0. The molecule has 0 N–H and O–H groups in total. The average molecular weight is 443 g/mol. The summed E-state index contributed by atoms with van der Waals surface area (Å²) in [6, 6.07) is 16.3. The lowest BCUT2D eigenvalue weighted by Gasteiger charge is -2.34. The van der Waals surface area contributed by atoms with Gasteiger partial charge in [-0.15, -0.1) is 0 Å². The predicted molar refractivity (Wildman–Crippen MR) is 129 cm³/mol. The molecule has 0 saturated carbocycles.